The molecule has 0 aliphatic heterocycles. The van der Waals surface area contributed by atoms with Crippen molar-refractivity contribution < 1.29 is 0 Å². The van der Waals surface area contributed by atoms with Crippen molar-refractivity contribution in [1.29, 1.82) is 0 Å². The van der Waals surface area contributed by atoms with E-state index in [1.165, 1.54) is 129 Å². The Balaban J connectivity index is 3.73. The molecule has 0 aromatic rings. The SMILES string of the molecule is CC/C=C\CCCCCCCCCCC(C/C=C\CCCCCCC)CCN(C)C. The Bertz CT molecular complexity index is 369. The van der Waals surface area contributed by atoms with Gasteiger partial charge in [-0.1, -0.05) is 115 Å². The summed E-state index contributed by atoms with van der Waals surface area (Å²) in [5.41, 5.74) is 0. The fraction of sp³-hybridized carbons (Fsp3) is 0.862. The molecule has 0 aliphatic carbocycles. The highest BCUT2D eigenvalue weighted by atomic mass is 15.0. The largest absolute Gasteiger partial charge is 0.309 e. The minimum atomic E-state index is 0.889. The quantitative estimate of drug-likeness (QED) is 0.118. The summed E-state index contributed by atoms with van der Waals surface area (Å²) in [6.45, 7) is 5.75. The first-order valence-electron chi connectivity index (χ1n) is 13.6. The summed E-state index contributed by atoms with van der Waals surface area (Å²) in [7, 11) is 4.42. The van der Waals surface area contributed by atoms with Crippen molar-refractivity contribution in [2.24, 2.45) is 5.92 Å². The van der Waals surface area contributed by atoms with Crippen LogP contribution in [0.2, 0.25) is 0 Å². The lowest BCUT2D eigenvalue weighted by Crippen LogP contribution is -2.16. The molecule has 1 heteroatoms. The number of nitrogens with zero attached hydrogens (tertiary/aromatic N) is 1. The van der Waals surface area contributed by atoms with Crippen LogP contribution >= 0.6 is 0 Å². The Morgan fingerprint density at radius 1 is 0.567 bits per heavy atom. The average Bonchev–Trinajstić information content (AvgIpc) is 2.73. The van der Waals surface area contributed by atoms with Gasteiger partial charge < -0.3 is 4.90 Å². The van der Waals surface area contributed by atoms with Crippen LogP contribution in [0.25, 0.3) is 0 Å². The van der Waals surface area contributed by atoms with Crippen LogP contribution in [-0.4, -0.2) is 25.5 Å². The molecule has 0 heterocycles. The molecular formula is C29H57N. The standard InChI is InChI=1S/C29H57N/c1-5-7-9-11-13-15-16-17-18-20-22-24-26-29(27-28-30(3)4)25-23-21-19-14-12-10-8-6-2/h7,9,21,23,29H,5-6,8,10-20,22,24-28H2,1-4H3/b9-7-,23-21-. The van der Waals surface area contributed by atoms with Crippen LogP contribution in [0.5, 0.6) is 0 Å². The van der Waals surface area contributed by atoms with Crippen molar-refractivity contribution >= 4 is 0 Å². The summed E-state index contributed by atoms with van der Waals surface area (Å²) >= 11 is 0. The number of hydrogen-bond acceptors (Lipinski definition) is 1. The second-order valence-corrected chi connectivity index (χ2v) is 9.65. The number of rotatable bonds is 23. The third-order valence-electron chi connectivity index (χ3n) is 6.23. The van der Waals surface area contributed by atoms with E-state index in [0.717, 1.165) is 5.92 Å². The van der Waals surface area contributed by atoms with Gasteiger partial charge in [0.25, 0.3) is 0 Å². The minimum Gasteiger partial charge on any atom is -0.309 e. The van der Waals surface area contributed by atoms with E-state index >= 15 is 0 Å². The summed E-state index contributed by atoms with van der Waals surface area (Å²) in [4.78, 5) is 2.35. The molecule has 0 N–H and O–H groups in total. The summed E-state index contributed by atoms with van der Waals surface area (Å²) in [5, 5.41) is 0. The molecule has 0 saturated carbocycles. The fourth-order valence-electron chi connectivity index (χ4n) is 4.13. The highest BCUT2D eigenvalue weighted by Gasteiger charge is 2.07. The Kier molecular flexibility index (Phi) is 24.2. The van der Waals surface area contributed by atoms with E-state index in [-0.39, 0.29) is 0 Å². The molecule has 1 nitrogen and oxygen atoms in total. The van der Waals surface area contributed by atoms with Gasteiger partial charge in [-0.3, -0.25) is 0 Å². The van der Waals surface area contributed by atoms with Gasteiger partial charge in [0.1, 0.15) is 0 Å². The van der Waals surface area contributed by atoms with E-state index in [1.54, 1.807) is 0 Å². The minimum absolute atomic E-state index is 0.889. The van der Waals surface area contributed by atoms with Crippen LogP contribution < -0.4 is 0 Å². The first-order chi connectivity index (χ1) is 14.7. The second-order valence-electron chi connectivity index (χ2n) is 9.65. The predicted molar refractivity (Wildman–Crippen MR) is 139 cm³/mol. The maximum Gasteiger partial charge on any atom is -0.00221 e. The van der Waals surface area contributed by atoms with Crippen molar-refractivity contribution in [2.75, 3.05) is 20.6 Å². The smallest absolute Gasteiger partial charge is 0.00221 e. The molecule has 178 valence electrons. The number of hydrogen-bond donors (Lipinski definition) is 0. The predicted octanol–water partition coefficient (Wildman–Crippen LogP) is 9.73. The molecule has 0 bridgehead atoms. The van der Waals surface area contributed by atoms with E-state index in [4.69, 9.17) is 0 Å². The van der Waals surface area contributed by atoms with Gasteiger partial charge in [0.2, 0.25) is 0 Å². The lowest BCUT2D eigenvalue weighted by atomic mass is 9.93. The highest BCUT2D eigenvalue weighted by molar-refractivity contribution is 4.84. The Hall–Kier alpha value is -0.560. The summed E-state index contributed by atoms with van der Waals surface area (Å²) in [5.74, 6) is 0.889. The Morgan fingerprint density at radius 3 is 1.67 bits per heavy atom. The van der Waals surface area contributed by atoms with Gasteiger partial charge in [-0.2, -0.15) is 0 Å². The monoisotopic (exact) mass is 419 g/mol. The van der Waals surface area contributed by atoms with E-state index in [0.29, 0.717) is 0 Å². The lowest BCUT2D eigenvalue weighted by Gasteiger charge is -2.18. The second kappa shape index (κ2) is 24.7. The van der Waals surface area contributed by atoms with Crippen LogP contribution in [0.15, 0.2) is 24.3 Å². The first kappa shape index (κ1) is 29.4. The molecule has 0 aromatic heterocycles. The summed E-state index contributed by atoms with van der Waals surface area (Å²) in [6.07, 6.45) is 35.9. The normalized spacial score (nSPS) is 13.2. The van der Waals surface area contributed by atoms with Crippen molar-refractivity contribution in [1.82, 2.24) is 4.90 Å². The number of allylic oxidation sites excluding steroid dienone is 4. The molecule has 0 amide bonds. The third kappa shape index (κ3) is 23.7. The highest BCUT2D eigenvalue weighted by Crippen LogP contribution is 2.20. The van der Waals surface area contributed by atoms with E-state index in [2.05, 4.69) is 57.1 Å². The van der Waals surface area contributed by atoms with Crippen LogP contribution in [0.1, 0.15) is 136 Å². The van der Waals surface area contributed by atoms with Crippen LogP contribution in [0.4, 0.5) is 0 Å². The Labute approximate surface area is 191 Å². The van der Waals surface area contributed by atoms with Crippen LogP contribution in [0.3, 0.4) is 0 Å². The van der Waals surface area contributed by atoms with Gasteiger partial charge in [0.15, 0.2) is 0 Å². The van der Waals surface area contributed by atoms with Gasteiger partial charge in [0.05, 0.1) is 0 Å². The van der Waals surface area contributed by atoms with Gasteiger partial charge >= 0.3 is 0 Å². The van der Waals surface area contributed by atoms with Crippen LogP contribution in [-0.2, 0) is 0 Å². The topological polar surface area (TPSA) is 3.24 Å². The van der Waals surface area contributed by atoms with Crippen molar-refractivity contribution in [3.05, 3.63) is 24.3 Å². The molecule has 0 fully saturated rings. The lowest BCUT2D eigenvalue weighted by molar-refractivity contribution is 0.333. The van der Waals surface area contributed by atoms with Gasteiger partial charge in [-0.25, -0.2) is 0 Å². The molecule has 0 spiro atoms. The maximum absolute atomic E-state index is 2.50. The van der Waals surface area contributed by atoms with Gasteiger partial charge in [0, 0.05) is 0 Å². The van der Waals surface area contributed by atoms with Gasteiger partial charge in [-0.05, 0) is 71.5 Å². The van der Waals surface area contributed by atoms with Crippen molar-refractivity contribution in [3.63, 3.8) is 0 Å². The zero-order chi connectivity index (χ0) is 22.1. The zero-order valence-electron chi connectivity index (χ0n) is 21.5. The molecule has 1 atom stereocenters. The van der Waals surface area contributed by atoms with E-state index < -0.39 is 0 Å². The summed E-state index contributed by atoms with van der Waals surface area (Å²) < 4.78 is 0. The van der Waals surface area contributed by atoms with E-state index in [9.17, 15) is 0 Å². The first-order valence-corrected chi connectivity index (χ1v) is 13.6. The average molecular weight is 420 g/mol. The number of unbranched alkanes of at least 4 members (excludes halogenated alkanes) is 13. The van der Waals surface area contributed by atoms with Crippen molar-refractivity contribution in [2.45, 2.75) is 136 Å². The maximum atomic E-state index is 2.50. The molecular weight excluding hydrogens is 362 g/mol. The van der Waals surface area contributed by atoms with Crippen LogP contribution in [0, 0.1) is 5.92 Å². The summed E-state index contributed by atoms with van der Waals surface area (Å²) in [6, 6.07) is 0. The molecule has 0 aliphatic rings. The Morgan fingerprint density at radius 2 is 1.10 bits per heavy atom. The van der Waals surface area contributed by atoms with Crippen molar-refractivity contribution in [3.8, 4) is 0 Å². The molecule has 30 heavy (non-hydrogen) atoms. The molecule has 1 unspecified atom stereocenters. The molecule has 0 rings (SSSR count). The zero-order valence-corrected chi connectivity index (χ0v) is 21.5. The third-order valence-corrected chi connectivity index (χ3v) is 6.23. The molecule has 0 radical (unpaired) electrons. The molecule has 0 saturated heterocycles. The van der Waals surface area contributed by atoms with Gasteiger partial charge in [-0.15, -0.1) is 0 Å². The van der Waals surface area contributed by atoms with E-state index in [1.807, 2.05) is 0 Å². The molecule has 0 aromatic carbocycles. The fourth-order valence-corrected chi connectivity index (χ4v) is 4.13.